The van der Waals surface area contributed by atoms with Gasteiger partial charge in [0.05, 0.1) is 24.9 Å². The van der Waals surface area contributed by atoms with Crippen molar-refractivity contribution in [3.05, 3.63) is 71.9 Å². The van der Waals surface area contributed by atoms with Crippen molar-refractivity contribution < 1.29 is 18.7 Å². The Morgan fingerprint density at radius 2 is 1.88 bits per heavy atom. The topological polar surface area (TPSA) is 104 Å². The summed E-state index contributed by atoms with van der Waals surface area (Å²) in [6.07, 6.45) is 5.98. The second kappa shape index (κ2) is 11.2. The minimum atomic E-state index is -0.450. The standard InChI is InChI=1S/C30H32FN7O3/c1-19-15-22(4-5-23(19)30(40)37-13-11-36(12-14-37)29(39)21-7-8-32-17-21)35-27-28-34-18-25(38(28)10-9-33-27)20-3-6-26(41-2)24(31)16-20/h3-6,9-10,15-16,18,21,32H,7-8,11-14,17H2,1-2H3,(H,33,35). The van der Waals surface area contributed by atoms with Crippen LogP contribution in [0.15, 0.2) is 55.0 Å². The summed E-state index contributed by atoms with van der Waals surface area (Å²) in [5.74, 6) is 0.475. The van der Waals surface area contributed by atoms with Crippen LogP contribution >= 0.6 is 0 Å². The number of benzene rings is 2. The third kappa shape index (κ3) is 5.20. The summed E-state index contributed by atoms with van der Waals surface area (Å²) < 4.78 is 21.2. The molecule has 11 heteroatoms. The number of hydrogen-bond donors (Lipinski definition) is 2. The highest BCUT2D eigenvalue weighted by Crippen LogP contribution is 2.29. The van der Waals surface area contributed by atoms with Gasteiger partial charge in [0.1, 0.15) is 0 Å². The molecule has 2 N–H and O–H groups in total. The lowest BCUT2D eigenvalue weighted by molar-refractivity contribution is -0.136. The zero-order chi connectivity index (χ0) is 28.5. The molecule has 0 aliphatic carbocycles. The Hall–Kier alpha value is -4.51. The average Bonchev–Trinajstić information content (AvgIpc) is 3.68. The summed E-state index contributed by atoms with van der Waals surface area (Å²) in [4.78, 5) is 38.8. The van der Waals surface area contributed by atoms with E-state index in [2.05, 4.69) is 20.6 Å². The number of halogens is 1. The van der Waals surface area contributed by atoms with Crippen molar-refractivity contribution in [2.75, 3.05) is 51.7 Å². The average molecular weight is 558 g/mol. The number of rotatable bonds is 6. The number of anilines is 2. The van der Waals surface area contributed by atoms with E-state index in [1.54, 1.807) is 30.7 Å². The highest BCUT2D eigenvalue weighted by molar-refractivity contribution is 5.96. The maximum absolute atomic E-state index is 14.3. The van der Waals surface area contributed by atoms with E-state index in [4.69, 9.17) is 4.74 Å². The van der Waals surface area contributed by atoms with E-state index in [0.717, 1.165) is 30.8 Å². The Kier molecular flexibility index (Phi) is 7.27. The number of aromatic nitrogens is 3. The van der Waals surface area contributed by atoms with E-state index in [1.807, 2.05) is 39.3 Å². The van der Waals surface area contributed by atoms with E-state index in [-0.39, 0.29) is 23.5 Å². The number of fused-ring (bicyclic) bond motifs is 1. The summed E-state index contributed by atoms with van der Waals surface area (Å²) >= 11 is 0. The maximum atomic E-state index is 14.3. The lowest BCUT2D eigenvalue weighted by Gasteiger charge is -2.36. The zero-order valence-electron chi connectivity index (χ0n) is 23.1. The van der Waals surface area contributed by atoms with Gasteiger partial charge in [0.15, 0.2) is 23.0 Å². The number of ether oxygens (including phenoxy) is 1. The number of nitrogens with zero attached hydrogens (tertiary/aromatic N) is 5. The first kappa shape index (κ1) is 26.7. The lowest BCUT2D eigenvalue weighted by Crippen LogP contribution is -2.52. The fourth-order valence-corrected chi connectivity index (χ4v) is 5.59. The Bertz CT molecular complexity index is 1610. The smallest absolute Gasteiger partial charge is 0.254 e. The minimum Gasteiger partial charge on any atom is -0.494 e. The molecular formula is C30H32FN7O3. The summed E-state index contributed by atoms with van der Waals surface area (Å²) in [7, 11) is 1.43. The van der Waals surface area contributed by atoms with Crippen LogP contribution in [-0.4, -0.2) is 82.4 Å². The highest BCUT2D eigenvalue weighted by Gasteiger charge is 2.31. The molecule has 0 saturated carbocycles. The third-order valence-electron chi connectivity index (χ3n) is 7.88. The van der Waals surface area contributed by atoms with Crippen molar-refractivity contribution in [1.82, 2.24) is 29.5 Å². The van der Waals surface area contributed by atoms with E-state index in [9.17, 15) is 14.0 Å². The number of methoxy groups -OCH3 is 1. The van der Waals surface area contributed by atoms with Crippen LogP contribution in [0.4, 0.5) is 15.9 Å². The number of aryl methyl sites for hydroxylation is 1. The van der Waals surface area contributed by atoms with Gasteiger partial charge < -0.3 is 25.2 Å². The molecule has 2 aliphatic rings. The lowest BCUT2D eigenvalue weighted by atomic mass is 10.0. The second-order valence-electron chi connectivity index (χ2n) is 10.4. The predicted octanol–water partition coefficient (Wildman–Crippen LogP) is 3.49. The largest absolute Gasteiger partial charge is 0.494 e. The van der Waals surface area contributed by atoms with Gasteiger partial charge in [-0.25, -0.2) is 14.4 Å². The number of piperazine rings is 1. The highest BCUT2D eigenvalue weighted by atomic mass is 19.1. The molecule has 2 saturated heterocycles. The Morgan fingerprint density at radius 3 is 2.59 bits per heavy atom. The molecule has 4 heterocycles. The van der Waals surface area contributed by atoms with Crippen molar-refractivity contribution in [2.45, 2.75) is 13.3 Å². The van der Waals surface area contributed by atoms with Crippen molar-refractivity contribution >= 4 is 29.0 Å². The van der Waals surface area contributed by atoms with Crippen molar-refractivity contribution in [1.29, 1.82) is 0 Å². The van der Waals surface area contributed by atoms with Gasteiger partial charge in [-0.2, -0.15) is 0 Å². The van der Waals surface area contributed by atoms with Gasteiger partial charge >= 0.3 is 0 Å². The number of imidazole rings is 1. The SMILES string of the molecule is COc1ccc(-c2cnc3c(Nc4ccc(C(=O)N5CCN(C(=O)C6CCNC6)CC5)c(C)c4)nccn23)cc1F. The van der Waals surface area contributed by atoms with Crippen LogP contribution < -0.4 is 15.4 Å². The molecule has 1 atom stereocenters. The fourth-order valence-electron chi connectivity index (χ4n) is 5.59. The summed E-state index contributed by atoms with van der Waals surface area (Å²) in [6, 6.07) is 10.4. The molecule has 4 aromatic rings. The molecule has 2 aromatic carbocycles. The van der Waals surface area contributed by atoms with Crippen LogP contribution in [0.5, 0.6) is 5.75 Å². The molecule has 2 amide bonds. The molecule has 0 radical (unpaired) electrons. The number of nitrogens with one attached hydrogen (secondary N) is 2. The molecule has 10 nitrogen and oxygen atoms in total. The van der Waals surface area contributed by atoms with E-state index in [0.29, 0.717) is 54.5 Å². The molecular weight excluding hydrogens is 525 g/mol. The first-order chi connectivity index (χ1) is 19.9. The van der Waals surface area contributed by atoms with Crippen LogP contribution in [0.2, 0.25) is 0 Å². The normalized spacial score (nSPS) is 17.2. The molecule has 212 valence electrons. The third-order valence-corrected chi connectivity index (χ3v) is 7.88. The van der Waals surface area contributed by atoms with Gasteiger partial charge in [-0.3, -0.25) is 14.0 Å². The van der Waals surface area contributed by atoms with Crippen molar-refractivity contribution in [3.63, 3.8) is 0 Å². The van der Waals surface area contributed by atoms with Gasteiger partial charge in [0.2, 0.25) is 5.91 Å². The molecule has 6 rings (SSSR count). The first-order valence-corrected chi connectivity index (χ1v) is 13.8. The second-order valence-corrected chi connectivity index (χ2v) is 10.4. The fraction of sp³-hybridized carbons (Fsp3) is 0.333. The van der Waals surface area contributed by atoms with Crippen LogP contribution in [0.1, 0.15) is 22.3 Å². The molecule has 0 spiro atoms. The van der Waals surface area contributed by atoms with Gasteiger partial charge in [-0.1, -0.05) is 0 Å². The molecule has 1 unspecified atom stereocenters. The molecule has 2 aliphatic heterocycles. The monoisotopic (exact) mass is 557 g/mol. The predicted molar refractivity (Wildman–Crippen MR) is 153 cm³/mol. The first-order valence-electron chi connectivity index (χ1n) is 13.8. The molecule has 2 fully saturated rings. The molecule has 0 bridgehead atoms. The summed E-state index contributed by atoms with van der Waals surface area (Å²) in [6.45, 7) is 5.71. The number of hydrogen-bond acceptors (Lipinski definition) is 7. The number of carbonyl (C=O) groups is 2. The van der Waals surface area contributed by atoms with Crippen LogP contribution in [-0.2, 0) is 4.79 Å². The Balaban J connectivity index is 1.15. The van der Waals surface area contributed by atoms with Gasteiger partial charge in [-0.05, 0) is 61.9 Å². The van der Waals surface area contributed by atoms with Gasteiger partial charge in [0.25, 0.3) is 5.91 Å². The molecule has 2 aromatic heterocycles. The van der Waals surface area contributed by atoms with E-state index >= 15 is 0 Å². The Morgan fingerprint density at radius 1 is 1.07 bits per heavy atom. The number of carbonyl (C=O) groups excluding carboxylic acids is 2. The van der Waals surface area contributed by atoms with Crippen LogP contribution in [0.25, 0.3) is 16.9 Å². The number of amides is 2. The van der Waals surface area contributed by atoms with Crippen LogP contribution in [0.3, 0.4) is 0 Å². The molecule has 41 heavy (non-hydrogen) atoms. The van der Waals surface area contributed by atoms with Crippen LogP contribution in [0, 0.1) is 18.7 Å². The van der Waals surface area contributed by atoms with E-state index < -0.39 is 5.82 Å². The Labute approximate surface area is 237 Å². The van der Waals surface area contributed by atoms with Gasteiger partial charge in [-0.15, -0.1) is 0 Å². The summed E-state index contributed by atoms with van der Waals surface area (Å²) in [5.41, 5.74) is 4.18. The van der Waals surface area contributed by atoms with E-state index in [1.165, 1.54) is 13.2 Å². The quantitative estimate of drug-likeness (QED) is 0.374. The zero-order valence-corrected chi connectivity index (χ0v) is 23.1. The van der Waals surface area contributed by atoms with Gasteiger partial charge in [0, 0.05) is 61.9 Å². The minimum absolute atomic E-state index is 0.0338. The summed E-state index contributed by atoms with van der Waals surface area (Å²) in [5, 5.41) is 6.56. The van der Waals surface area contributed by atoms with Crippen molar-refractivity contribution in [2.24, 2.45) is 5.92 Å². The maximum Gasteiger partial charge on any atom is 0.254 e. The van der Waals surface area contributed by atoms with Crippen molar-refractivity contribution in [3.8, 4) is 17.0 Å².